The third-order valence-electron chi connectivity index (χ3n) is 5.40. The summed E-state index contributed by atoms with van der Waals surface area (Å²) >= 11 is 5.01. The standard InChI is InChI=1S/C21H28N4O3S/c1-2-3-4-5-10-22-18(26)15-7-6-11-25(13-15)20(28)14-8-9-16-17(12-14)23-21(29)24-19(16)27/h8-9,12,15H,2-7,10-11,13H2,1H3,(H,22,26)(H2,23,24,27,29). The first-order chi connectivity index (χ1) is 14.0. The van der Waals surface area contributed by atoms with Gasteiger partial charge in [0.15, 0.2) is 4.77 Å². The molecule has 1 fully saturated rings. The number of rotatable bonds is 7. The molecule has 1 aromatic heterocycles. The van der Waals surface area contributed by atoms with Gasteiger partial charge in [-0.05, 0) is 49.7 Å². The fourth-order valence-corrected chi connectivity index (χ4v) is 3.97. The van der Waals surface area contributed by atoms with E-state index in [-0.39, 0.29) is 28.1 Å². The molecule has 8 heteroatoms. The molecule has 1 saturated heterocycles. The number of H-pyrrole nitrogens is 2. The summed E-state index contributed by atoms with van der Waals surface area (Å²) in [6.07, 6.45) is 6.07. The normalized spacial score (nSPS) is 16.7. The summed E-state index contributed by atoms with van der Waals surface area (Å²) in [5, 5.41) is 3.47. The van der Waals surface area contributed by atoms with Crippen LogP contribution in [-0.2, 0) is 4.79 Å². The van der Waals surface area contributed by atoms with Crippen LogP contribution >= 0.6 is 12.2 Å². The van der Waals surface area contributed by atoms with Gasteiger partial charge in [0.25, 0.3) is 11.5 Å². The Bertz CT molecular complexity index is 997. The van der Waals surface area contributed by atoms with Crippen molar-refractivity contribution in [2.75, 3.05) is 19.6 Å². The van der Waals surface area contributed by atoms with Crippen molar-refractivity contribution in [1.82, 2.24) is 20.2 Å². The van der Waals surface area contributed by atoms with E-state index >= 15 is 0 Å². The van der Waals surface area contributed by atoms with Crippen molar-refractivity contribution in [3.63, 3.8) is 0 Å². The fourth-order valence-electron chi connectivity index (χ4n) is 3.77. The monoisotopic (exact) mass is 416 g/mol. The van der Waals surface area contributed by atoms with Crippen molar-refractivity contribution in [3.8, 4) is 0 Å². The van der Waals surface area contributed by atoms with Gasteiger partial charge in [-0.15, -0.1) is 0 Å². The summed E-state index contributed by atoms with van der Waals surface area (Å²) in [5.41, 5.74) is 0.730. The molecule has 3 N–H and O–H groups in total. The number of carbonyl (C=O) groups is 2. The summed E-state index contributed by atoms with van der Waals surface area (Å²) in [6.45, 7) is 3.90. The topological polar surface area (TPSA) is 98.1 Å². The van der Waals surface area contributed by atoms with Crippen molar-refractivity contribution < 1.29 is 9.59 Å². The highest BCUT2D eigenvalue weighted by molar-refractivity contribution is 7.71. The molecule has 1 aliphatic heterocycles. The molecule has 0 spiro atoms. The first kappa shape index (κ1) is 21.2. The van der Waals surface area contributed by atoms with Crippen LogP contribution in [0.3, 0.4) is 0 Å². The predicted octanol–water partition coefficient (Wildman–Crippen LogP) is 3.13. The quantitative estimate of drug-likeness (QED) is 0.477. The maximum Gasteiger partial charge on any atom is 0.259 e. The highest BCUT2D eigenvalue weighted by atomic mass is 32.1. The predicted molar refractivity (Wildman–Crippen MR) is 116 cm³/mol. The van der Waals surface area contributed by atoms with E-state index in [4.69, 9.17) is 12.2 Å². The van der Waals surface area contributed by atoms with E-state index in [1.165, 1.54) is 12.8 Å². The number of benzene rings is 1. The lowest BCUT2D eigenvalue weighted by Crippen LogP contribution is -2.45. The molecule has 1 aromatic carbocycles. The van der Waals surface area contributed by atoms with Gasteiger partial charge in [0.2, 0.25) is 5.91 Å². The highest BCUT2D eigenvalue weighted by Crippen LogP contribution is 2.20. The molecule has 156 valence electrons. The summed E-state index contributed by atoms with van der Waals surface area (Å²) in [5.74, 6) is -0.270. The lowest BCUT2D eigenvalue weighted by Gasteiger charge is -2.32. The third-order valence-corrected chi connectivity index (χ3v) is 5.60. The molecule has 0 aliphatic carbocycles. The number of likely N-dealkylation sites (tertiary alicyclic amines) is 1. The number of aromatic nitrogens is 2. The minimum atomic E-state index is -0.281. The number of hydrogen-bond acceptors (Lipinski definition) is 4. The summed E-state index contributed by atoms with van der Waals surface area (Å²) in [4.78, 5) is 44.6. The first-order valence-corrected chi connectivity index (χ1v) is 10.7. The van der Waals surface area contributed by atoms with Gasteiger partial charge in [-0.25, -0.2) is 0 Å². The zero-order valence-corrected chi connectivity index (χ0v) is 17.6. The van der Waals surface area contributed by atoms with Crippen LogP contribution in [0.1, 0.15) is 55.8 Å². The second kappa shape index (κ2) is 9.82. The zero-order valence-electron chi connectivity index (χ0n) is 16.8. The Hall–Kier alpha value is -2.48. The minimum Gasteiger partial charge on any atom is -0.356 e. The van der Waals surface area contributed by atoms with Crippen LogP contribution in [0.25, 0.3) is 10.9 Å². The summed E-state index contributed by atoms with van der Waals surface area (Å²) in [7, 11) is 0. The largest absolute Gasteiger partial charge is 0.356 e. The molecule has 2 heterocycles. The van der Waals surface area contributed by atoms with E-state index in [1.54, 1.807) is 23.1 Å². The molecule has 7 nitrogen and oxygen atoms in total. The van der Waals surface area contributed by atoms with Crippen molar-refractivity contribution in [2.24, 2.45) is 5.92 Å². The number of piperidine rings is 1. The highest BCUT2D eigenvalue weighted by Gasteiger charge is 2.28. The Kier molecular flexibility index (Phi) is 7.19. The van der Waals surface area contributed by atoms with Crippen molar-refractivity contribution in [2.45, 2.75) is 45.4 Å². The molecular formula is C21H28N4O3S. The second-order valence-corrected chi connectivity index (χ2v) is 8.02. The molecule has 1 atom stereocenters. The molecule has 3 rings (SSSR count). The van der Waals surface area contributed by atoms with Gasteiger partial charge in [-0.2, -0.15) is 0 Å². The number of nitrogens with one attached hydrogen (secondary N) is 3. The molecule has 0 bridgehead atoms. The third kappa shape index (κ3) is 5.32. The number of amides is 2. The Labute approximate surface area is 174 Å². The van der Waals surface area contributed by atoms with Gasteiger partial charge in [0.1, 0.15) is 0 Å². The Balaban J connectivity index is 1.65. The van der Waals surface area contributed by atoms with Gasteiger partial charge in [-0.1, -0.05) is 26.2 Å². The number of unbranched alkanes of at least 4 members (excludes halogenated alkanes) is 3. The van der Waals surface area contributed by atoms with Crippen molar-refractivity contribution in [3.05, 3.63) is 38.9 Å². The Morgan fingerprint density at radius 3 is 2.86 bits per heavy atom. The number of aromatic amines is 2. The van der Waals surface area contributed by atoms with Gasteiger partial charge < -0.3 is 15.2 Å². The van der Waals surface area contributed by atoms with E-state index in [1.807, 2.05) is 0 Å². The molecule has 0 saturated carbocycles. The number of nitrogens with zero attached hydrogens (tertiary/aromatic N) is 1. The number of carbonyl (C=O) groups excluding carboxylic acids is 2. The Morgan fingerprint density at radius 2 is 2.07 bits per heavy atom. The van der Waals surface area contributed by atoms with Crippen molar-refractivity contribution >= 4 is 34.9 Å². The van der Waals surface area contributed by atoms with Gasteiger partial charge >= 0.3 is 0 Å². The van der Waals surface area contributed by atoms with Crippen molar-refractivity contribution in [1.29, 1.82) is 0 Å². The molecule has 1 unspecified atom stereocenters. The van der Waals surface area contributed by atoms with Crippen LogP contribution in [-0.4, -0.2) is 46.3 Å². The molecule has 0 radical (unpaired) electrons. The average molecular weight is 417 g/mol. The first-order valence-electron chi connectivity index (χ1n) is 10.3. The molecule has 29 heavy (non-hydrogen) atoms. The van der Waals surface area contributed by atoms with E-state index in [0.29, 0.717) is 36.1 Å². The van der Waals surface area contributed by atoms with E-state index < -0.39 is 0 Å². The van der Waals surface area contributed by atoms with Crippen LogP contribution in [0.4, 0.5) is 0 Å². The Morgan fingerprint density at radius 1 is 1.24 bits per heavy atom. The van der Waals surface area contributed by atoms with E-state index in [2.05, 4.69) is 22.2 Å². The average Bonchev–Trinajstić information content (AvgIpc) is 2.72. The maximum absolute atomic E-state index is 13.0. The van der Waals surface area contributed by atoms with E-state index in [0.717, 1.165) is 25.7 Å². The number of hydrogen-bond donors (Lipinski definition) is 3. The van der Waals surface area contributed by atoms with Crippen LogP contribution in [0.5, 0.6) is 0 Å². The van der Waals surface area contributed by atoms with Crippen LogP contribution in [0, 0.1) is 10.7 Å². The SMILES string of the molecule is CCCCCCNC(=O)C1CCCN(C(=O)c2ccc3c(=O)[nH]c(=S)[nH]c3c2)C1. The van der Waals surface area contributed by atoms with Gasteiger partial charge in [0.05, 0.1) is 16.8 Å². The summed E-state index contributed by atoms with van der Waals surface area (Å²) in [6, 6.07) is 4.92. The molecule has 1 aliphatic rings. The molecule has 2 aromatic rings. The number of fused-ring (bicyclic) bond motifs is 1. The van der Waals surface area contributed by atoms with Crippen LogP contribution < -0.4 is 10.9 Å². The molecular weight excluding hydrogens is 388 g/mol. The smallest absolute Gasteiger partial charge is 0.259 e. The van der Waals surface area contributed by atoms with Crippen LogP contribution in [0.15, 0.2) is 23.0 Å². The van der Waals surface area contributed by atoms with Gasteiger partial charge in [-0.3, -0.25) is 19.4 Å². The fraction of sp³-hybridized carbons (Fsp3) is 0.524. The maximum atomic E-state index is 13.0. The minimum absolute atomic E-state index is 0.0353. The lowest BCUT2D eigenvalue weighted by atomic mass is 9.96. The van der Waals surface area contributed by atoms with E-state index in [9.17, 15) is 14.4 Å². The zero-order chi connectivity index (χ0) is 20.8. The lowest BCUT2D eigenvalue weighted by molar-refractivity contribution is -0.126. The van der Waals surface area contributed by atoms with Gasteiger partial charge in [0, 0.05) is 25.2 Å². The second-order valence-electron chi connectivity index (χ2n) is 7.61. The van der Waals surface area contributed by atoms with Crippen LogP contribution in [0.2, 0.25) is 0 Å². The summed E-state index contributed by atoms with van der Waals surface area (Å²) < 4.78 is 0.223. The molecule has 2 amide bonds.